The zero-order valence-corrected chi connectivity index (χ0v) is 11.5. The van der Waals surface area contributed by atoms with Crippen molar-refractivity contribution in [2.45, 2.75) is 53.4 Å². The summed E-state index contributed by atoms with van der Waals surface area (Å²) in [6.45, 7) is 8.32. The third-order valence-electron chi connectivity index (χ3n) is 4.30. The summed E-state index contributed by atoms with van der Waals surface area (Å²) >= 11 is 0. The average molecular weight is 236 g/mol. The van der Waals surface area contributed by atoms with Gasteiger partial charge in [-0.25, -0.2) is 0 Å². The third kappa shape index (κ3) is 3.05. The molecule has 1 rings (SSSR count). The molecule has 0 saturated carbocycles. The molecule has 0 aromatic rings. The minimum atomic E-state index is 0.0726. The van der Waals surface area contributed by atoms with E-state index in [-0.39, 0.29) is 11.3 Å². The summed E-state index contributed by atoms with van der Waals surface area (Å²) in [5.74, 6) is 0.861. The molecule has 0 amide bonds. The Balaban J connectivity index is 2.67. The summed E-state index contributed by atoms with van der Waals surface area (Å²) in [7, 11) is 0. The number of hydrogen-bond donors (Lipinski definition) is 0. The summed E-state index contributed by atoms with van der Waals surface area (Å²) in [5, 5.41) is 0. The zero-order chi connectivity index (χ0) is 13.1. The lowest BCUT2D eigenvalue weighted by molar-refractivity contribution is -0.122. The Kier molecular flexibility index (Phi) is 4.67. The number of carbonyl (C=O) groups excluding carboxylic acids is 2. The molecule has 0 bridgehead atoms. The van der Waals surface area contributed by atoms with Crippen LogP contribution < -0.4 is 0 Å². The van der Waals surface area contributed by atoms with Gasteiger partial charge in [0.25, 0.3) is 0 Å². The maximum absolute atomic E-state index is 11.6. The van der Waals surface area contributed by atoms with E-state index in [1.165, 1.54) is 5.57 Å². The van der Waals surface area contributed by atoms with Crippen molar-refractivity contribution in [2.24, 2.45) is 17.3 Å². The van der Waals surface area contributed by atoms with Crippen molar-refractivity contribution in [2.75, 3.05) is 0 Å². The standard InChI is InChI=1S/C15H24O2/c1-5-14(17)11(2)10-13-7-6-12(8-9-16)15(13,3)4/h7,9,11-12H,5-6,8,10H2,1-4H3/t11?,12-/m1/s1. The van der Waals surface area contributed by atoms with Gasteiger partial charge in [0.15, 0.2) is 0 Å². The molecule has 0 N–H and O–H groups in total. The van der Waals surface area contributed by atoms with Gasteiger partial charge in [-0.05, 0) is 24.2 Å². The minimum Gasteiger partial charge on any atom is -0.303 e. The van der Waals surface area contributed by atoms with Crippen molar-refractivity contribution in [3.63, 3.8) is 0 Å². The van der Waals surface area contributed by atoms with Crippen LogP contribution in [0.3, 0.4) is 0 Å². The Morgan fingerprint density at radius 2 is 2.24 bits per heavy atom. The summed E-state index contributed by atoms with van der Waals surface area (Å²) in [6.07, 6.45) is 6.34. The first kappa shape index (κ1) is 14.1. The fourth-order valence-electron chi connectivity index (χ4n) is 2.75. The highest BCUT2D eigenvalue weighted by molar-refractivity contribution is 5.80. The normalized spacial score (nSPS) is 24.2. The van der Waals surface area contributed by atoms with Crippen LogP contribution in [0.2, 0.25) is 0 Å². The van der Waals surface area contributed by atoms with E-state index in [1.54, 1.807) is 0 Å². The second kappa shape index (κ2) is 5.61. The van der Waals surface area contributed by atoms with Gasteiger partial charge in [-0.15, -0.1) is 0 Å². The number of hydrogen-bond acceptors (Lipinski definition) is 2. The van der Waals surface area contributed by atoms with Crippen molar-refractivity contribution < 1.29 is 9.59 Å². The van der Waals surface area contributed by atoms with Gasteiger partial charge in [-0.1, -0.05) is 39.3 Å². The van der Waals surface area contributed by atoms with E-state index in [1.807, 2.05) is 13.8 Å². The molecule has 0 heterocycles. The molecule has 0 aromatic heterocycles. The Morgan fingerprint density at radius 3 is 2.76 bits per heavy atom. The van der Waals surface area contributed by atoms with Gasteiger partial charge in [0.2, 0.25) is 0 Å². The van der Waals surface area contributed by atoms with Crippen LogP contribution in [-0.4, -0.2) is 12.1 Å². The first-order valence-corrected chi connectivity index (χ1v) is 6.59. The lowest BCUT2D eigenvalue weighted by Gasteiger charge is -2.31. The smallest absolute Gasteiger partial charge is 0.135 e. The number of allylic oxidation sites excluding steroid dienone is 2. The van der Waals surface area contributed by atoms with E-state index in [4.69, 9.17) is 0 Å². The van der Waals surface area contributed by atoms with Crippen molar-refractivity contribution in [1.82, 2.24) is 0 Å². The van der Waals surface area contributed by atoms with Crippen molar-refractivity contribution >= 4 is 12.1 Å². The second-order valence-corrected chi connectivity index (χ2v) is 5.71. The maximum atomic E-state index is 11.6. The van der Waals surface area contributed by atoms with E-state index >= 15 is 0 Å². The monoisotopic (exact) mass is 236 g/mol. The Labute approximate surface area is 104 Å². The van der Waals surface area contributed by atoms with E-state index in [0.29, 0.717) is 24.5 Å². The van der Waals surface area contributed by atoms with Crippen LogP contribution in [0.15, 0.2) is 11.6 Å². The number of carbonyl (C=O) groups is 2. The molecule has 2 heteroatoms. The first-order valence-electron chi connectivity index (χ1n) is 6.59. The van der Waals surface area contributed by atoms with Gasteiger partial charge < -0.3 is 4.79 Å². The molecule has 0 saturated heterocycles. The summed E-state index contributed by atoms with van der Waals surface area (Å²) in [4.78, 5) is 22.3. The van der Waals surface area contributed by atoms with Crippen molar-refractivity contribution in [3.05, 3.63) is 11.6 Å². The molecule has 2 atom stereocenters. The van der Waals surface area contributed by atoms with Crippen LogP contribution in [-0.2, 0) is 9.59 Å². The maximum Gasteiger partial charge on any atom is 0.135 e. The van der Waals surface area contributed by atoms with Crippen LogP contribution in [0, 0.1) is 17.3 Å². The van der Waals surface area contributed by atoms with Gasteiger partial charge in [-0.2, -0.15) is 0 Å². The quantitative estimate of drug-likeness (QED) is 0.522. The Bertz CT molecular complexity index is 326. The molecule has 0 radical (unpaired) electrons. The molecule has 17 heavy (non-hydrogen) atoms. The third-order valence-corrected chi connectivity index (χ3v) is 4.30. The Morgan fingerprint density at radius 1 is 1.59 bits per heavy atom. The molecule has 1 unspecified atom stereocenters. The van der Waals surface area contributed by atoms with Gasteiger partial charge >= 0.3 is 0 Å². The highest BCUT2D eigenvalue weighted by atomic mass is 16.1. The van der Waals surface area contributed by atoms with Crippen LogP contribution >= 0.6 is 0 Å². The van der Waals surface area contributed by atoms with Gasteiger partial charge in [-0.3, -0.25) is 4.79 Å². The van der Waals surface area contributed by atoms with Gasteiger partial charge in [0, 0.05) is 18.8 Å². The van der Waals surface area contributed by atoms with Gasteiger partial charge in [0.1, 0.15) is 12.1 Å². The number of Topliss-reactive ketones (excluding diaryl/α,β-unsaturated/α-hetero) is 1. The Hall–Kier alpha value is -0.920. The summed E-state index contributed by atoms with van der Waals surface area (Å²) < 4.78 is 0. The molecule has 0 aliphatic heterocycles. The van der Waals surface area contributed by atoms with Crippen LogP contribution in [0.25, 0.3) is 0 Å². The SMILES string of the molecule is CCC(=O)C(C)CC1=CC[C@H](CC=O)C1(C)C. The molecule has 0 fully saturated rings. The van der Waals surface area contributed by atoms with Crippen molar-refractivity contribution in [3.8, 4) is 0 Å². The molecule has 96 valence electrons. The van der Waals surface area contributed by atoms with Crippen LogP contribution in [0.5, 0.6) is 0 Å². The molecular formula is C15H24O2. The number of aldehydes is 1. The first-order chi connectivity index (χ1) is 7.93. The minimum absolute atomic E-state index is 0.0726. The molecule has 2 nitrogen and oxygen atoms in total. The highest BCUT2D eigenvalue weighted by Crippen LogP contribution is 2.47. The zero-order valence-electron chi connectivity index (χ0n) is 11.5. The molecule has 1 aliphatic carbocycles. The van der Waals surface area contributed by atoms with E-state index in [2.05, 4.69) is 19.9 Å². The second-order valence-electron chi connectivity index (χ2n) is 5.71. The molecule has 0 aromatic carbocycles. The van der Waals surface area contributed by atoms with Crippen molar-refractivity contribution in [1.29, 1.82) is 0 Å². The fraction of sp³-hybridized carbons (Fsp3) is 0.733. The lowest BCUT2D eigenvalue weighted by Crippen LogP contribution is -2.24. The largest absolute Gasteiger partial charge is 0.303 e. The molecule has 0 spiro atoms. The molecule has 1 aliphatic rings. The van der Waals surface area contributed by atoms with Crippen LogP contribution in [0.1, 0.15) is 53.4 Å². The van der Waals surface area contributed by atoms with E-state index < -0.39 is 0 Å². The number of rotatable bonds is 6. The summed E-state index contributed by atoms with van der Waals surface area (Å²) in [5.41, 5.74) is 1.43. The lowest BCUT2D eigenvalue weighted by atomic mass is 9.73. The number of ketones is 1. The fourth-order valence-corrected chi connectivity index (χ4v) is 2.75. The van der Waals surface area contributed by atoms with E-state index in [9.17, 15) is 9.59 Å². The van der Waals surface area contributed by atoms with Gasteiger partial charge in [0.05, 0.1) is 0 Å². The van der Waals surface area contributed by atoms with Crippen LogP contribution in [0.4, 0.5) is 0 Å². The predicted octanol–water partition coefficient (Wildman–Crippen LogP) is 3.55. The predicted molar refractivity (Wildman–Crippen MR) is 69.7 cm³/mol. The van der Waals surface area contributed by atoms with E-state index in [0.717, 1.165) is 19.1 Å². The molecular weight excluding hydrogens is 212 g/mol. The average Bonchev–Trinajstić information content (AvgIpc) is 2.55. The highest BCUT2D eigenvalue weighted by Gasteiger charge is 2.37. The topological polar surface area (TPSA) is 34.1 Å². The summed E-state index contributed by atoms with van der Waals surface area (Å²) in [6, 6.07) is 0.